The van der Waals surface area contributed by atoms with E-state index in [4.69, 9.17) is 9.47 Å². The first-order chi connectivity index (χ1) is 19.4. The summed E-state index contributed by atoms with van der Waals surface area (Å²) >= 11 is 4.43. The van der Waals surface area contributed by atoms with Gasteiger partial charge in [-0.15, -0.1) is 22.7 Å². The summed E-state index contributed by atoms with van der Waals surface area (Å²) in [4.78, 5) is 42.0. The minimum absolute atomic E-state index is 0.0466. The van der Waals surface area contributed by atoms with Crippen LogP contribution in [0.15, 0.2) is 53.2 Å². The molecule has 3 N–H and O–H groups in total. The number of carboxylic acid groups (broad SMARTS) is 1. The molecule has 0 aliphatic carbocycles. The van der Waals surface area contributed by atoms with Gasteiger partial charge in [0.15, 0.2) is 11.5 Å². The maximum absolute atomic E-state index is 13.3. The van der Waals surface area contributed by atoms with Gasteiger partial charge in [0.05, 0.1) is 25.6 Å². The summed E-state index contributed by atoms with van der Waals surface area (Å²) in [5.41, 5.74) is 0.606. The number of hydrogen-bond donors (Lipinski definition) is 3. The standard InChI is InChI=1S/C28H33N3O6S3/c1-2-3-6-20(17-40-28(35)31(15-21-7-4-11-38-21)16-22-8-5-12-39-22)29-27(34)30-23(14-26(32)33)19-9-10-24-25(13-19)37-18-36-24/h4-5,7-13,20,23H,2-3,6,14-18H2,1H3,(H,32,33)(H2,29,30,34). The molecule has 9 nitrogen and oxygen atoms in total. The van der Waals surface area contributed by atoms with Crippen molar-refractivity contribution >= 4 is 51.7 Å². The van der Waals surface area contributed by atoms with Crippen molar-refractivity contribution in [3.8, 4) is 11.5 Å². The van der Waals surface area contributed by atoms with Gasteiger partial charge >= 0.3 is 12.0 Å². The highest BCUT2D eigenvalue weighted by Gasteiger charge is 2.24. The molecule has 0 fully saturated rings. The van der Waals surface area contributed by atoms with E-state index in [0.29, 0.717) is 42.3 Å². The molecule has 0 spiro atoms. The molecule has 1 aliphatic heterocycles. The smallest absolute Gasteiger partial charge is 0.315 e. The number of rotatable bonds is 14. The average Bonchev–Trinajstić information content (AvgIpc) is 3.72. The molecule has 3 aromatic rings. The first-order valence-electron chi connectivity index (χ1n) is 13.1. The average molecular weight is 604 g/mol. The lowest BCUT2D eigenvalue weighted by Gasteiger charge is -2.24. The molecule has 0 saturated heterocycles. The van der Waals surface area contributed by atoms with Crippen molar-refractivity contribution in [1.29, 1.82) is 0 Å². The number of thiophene rings is 2. The quantitative estimate of drug-likeness (QED) is 0.193. The topological polar surface area (TPSA) is 117 Å². The number of nitrogens with zero attached hydrogens (tertiary/aromatic N) is 1. The highest BCUT2D eigenvalue weighted by atomic mass is 32.2. The second-order valence-corrected chi connectivity index (χ2v) is 12.3. The molecule has 214 valence electrons. The zero-order valence-electron chi connectivity index (χ0n) is 22.2. The van der Waals surface area contributed by atoms with Gasteiger partial charge in [0, 0.05) is 21.5 Å². The van der Waals surface area contributed by atoms with Crippen molar-refractivity contribution in [3.63, 3.8) is 0 Å². The number of ether oxygens (including phenoxy) is 2. The van der Waals surface area contributed by atoms with Gasteiger partial charge in [-0.25, -0.2) is 4.79 Å². The second kappa shape index (κ2) is 15.0. The lowest BCUT2D eigenvalue weighted by atomic mass is 10.0. The van der Waals surface area contributed by atoms with Crippen LogP contribution in [0.4, 0.5) is 9.59 Å². The second-order valence-electron chi connectivity index (χ2n) is 9.31. The summed E-state index contributed by atoms with van der Waals surface area (Å²) in [6.07, 6.45) is 2.24. The Labute approximate surface area is 245 Å². The van der Waals surface area contributed by atoms with Crippen LogP contribution in [-0.2, 0) is 17.9 Å². The van der Waals surface area contributed by atoms with Crippen LogP contribution >= 0.6 is 34.4 Å². The summed E-state index contributed by atoms with van der Waals surface area (Å²) in [6, 6.07) is 11.6. The van der Waals surface area contributed by atoms with Crippen molar-refractivity contribution in [2.45, 2.75) is 57.8 Å². The number of nitrogens with one attached hydrogen (secondary N) is 2. The molecule has 40 heavy (non-hydrogen) atoms. The number of carbonyl (C=O) groups excluding carboxylic acids is 2. The molecular weight excluding hydrogens is 571 g/mol. The van der Waals surface area contributed by atoms with Crippen LogP contribution in [0.2, 0.25) is 0 Å². The Morgan fingerprint density at radius 3 is 2.35 bits per heavy atom. The maximum atomic E-state index is 13.3. The Balaban J connectivity index is 1.38. The van der Waals surface area contributed by atoms with Gasteiger partial charge in [0.1, 0.15) is 0 Å². The van der Waals surface area contributed by atoms with Crippen molar-refractivity contribution in [3.05, 3.63) is 68.5 Å². The van der Waals surface area contributed by atoms with Crippen LogP contribution in [0.1, 0.15) is 54.0 Å². The fraction of sp³-hybridized carbons (Fsp3) is 0.393. The molecule has 3 amide bonds. The zero-order chi connectivity index (χ0) is 28.3. The van der Waals surface area contributed by atoms with Crippen molar-refractivity contribution in [2.75, 3.05) is 12.5 Å². The monoisotopic (exact) mass is 603 g/mol. The molecule has 2 aromatic heterocycles. The molecule has 0 radical (unpaired) electrons. The Bertz CT molecular complexity index is 1220. The molecule has 2 atom stereocenters. The minimum Gasteiger partial charge on any atom is -0.481 e. The van der Waals surface area contributed by atoms with Crippen LogP contribution in [-0.4, -0.2) is 45.8 Å². The molecule has 3 heterocycles. The van der Waals surface area contributed by atoms with E-state index in [-0.39, 0.29) is 24.5 Å². The largest absolute Gasteiger partial charge is 0.481 e. The van der Waals surface area contributed by atoms with E-state index in [1.165, 1.54) is 11.8 Å². The number of hydrogen-bond acceptors (Lipinski definition) is 8. The first-order valence-corrected chi connectivity index (χ1v) is 15.8. The predicted molar refractivity (Wildman–Crippen MR) is 158 cm³/mol. The Kier molecular flexibility index (Phi) is 11.1. The highest BCUT2D eigenvalue weighted by molar-refractivity contribution is 8.13. The SMILES string of the molecule is CCCCC(CSC(=O)N(Cc1cccs1)Cc1cccs1)NC(=O)NC(CC(=O)O)c1ccc2c(c1)OCO2. The number of urea groups is 1. The molecular formula is C28H33N3O6S3. The zero-order valence-corrected chi connectivity index (χ0v) is 24.6. The molecule has 2 unspecified atom stereocenters. The van der Waals surface area contributed by atoms with E-state index in [2.05, 4.69) is 17.6 Å². The number of amides is 3. The third-order valence-corrected chi connectivity index (χ3v) is 9.04. The van der Waals surface area contributed by atoms with Crippen molar-refractivity contribution < 1.29 is 29.0 Å². The van der Waals surface area contributed by atoms with E-state index >= 15 is 0 Å². The van der Waals surface area contributed by atoms with Crippen LogP contribution in [0.25, 0.3) is 0 Å². The Morgan fingerprint density at radius 1 is 1.02 bits per heavy atom. The summed E-state index contributed by atoms with van der Waals surface area (Å²) in [5.74, 6) is 0.463. The van der Waals surface area contributed by atoms with Gasteiger partial charge in [-0.3, -0.25) is 9.59 Å². The van der Waals surface area contributed by atoms with Crippen molar-refractivity contribution in [1.82, 2.24) is 15.5 Å². The molecule has 0 bridgehead atoms. The number of carbonyl (C=O) groups is 3. The van der Waals surface area contributed by atoms with E-state index in [9.17, 15) is 19.5 Å². The number of unbranched alkanes of at least 4 members (excludes halogenated alkanes) is 1. The number of thioether (sulfide) groups is 1. The Hall–Kier alpha value is -3.22. The summed E-state index contributed by atoms with van der Waals surface area (Å²) in [7, 11) is 0. The van der Waals surface area contributed by atoms with E-state index in [0.717, 1.165) is 22.6 Å². The van der Waals surface area contributed by atoms with Gasteiger partial charge in [-0.2, -0.15) is 0 Å². The maximum Gasteiger partial charge on any atom is 0.315 e. The highest BCUT2D eigenvalue weighted by Crippen LogP contribution is 2.35. The van der Waals surface area contributed by atoms with Gasteiger partial charge < -0.3 is 30.1 Å². The Morgan fingerprint density at radius 2 is 1.73 bits per heavy atom. The summed E-state index contributed by atoms with van der Waals surface area (Å²) in [5, 5.41) is 19.2. The van der Waals surface area contributed by atoms with E-state index in [1.807, 2.05) is 39.9 Å². The van der Waals surface area contributed by atoms with Crippen molar-refractivity contribution in [2.24, 2.45) is 0 Å². The predicted octanol–water partition coefficient (Wildman–Crippen LogP) is 6.47. The molecule has 4 rings (SSSR count). The number of benzene rings is 1. The number of aliphatic carboxylic acids is 1. The van der Waals surface area contributed by atoms with E-state index in [1.54, 1.807) is 40.9 Å². The lowest BCUT2D eigenvalue weighted by molar-refractivity contribution is -0.137. The molecule has 12 heteroatoms. The number of fused-ring (bicyclic) bond motifs is 1. The first kappa shape index (κ1) is 29.8. The van der Waals surface area contributed by atoms with Crippen LogP contribution in [0.5, 0.6) is 11.5 Å². The van der Waals surface area contributed by atoms with Crippen LogP contribution in [0.3, 0.4) is 0 Å². The molecule has 1 aliphatic rings. The lowest BCUT2D eigenvalue weighted by Crippen LogP contribution is -2.45. The van der Waals surface area contributed by atoms with Gasteiger partial charge in [0.25, 0.3) is 5.24 Å². The number of carboxylic acids is 1. The summed E-state index contributed by atoms with van der Waals surface area (Å²) < 4.78 is 10.7. The molecule has 1 aromatic carbocycles. The summed E-state index contributed by atoms with van der Waals surface area (Å²) in [6.45, 7) is 3.23. The third-order valence-electron chi connectivity index (χ3n) is 6.24. The van der Waals surface area contributed by atoms with Gasteiger partial charge in [-0.1, -0.05) is 49.7 Å². The van der Waals surface area contributed by atoms with E-state index < -0.39 is 18.0 Å². The fourth-order valence-electron chi connectivity index (χ4n) is 4.22. The van der Waals surface area contributed by atoms with Gasteiger partial charge in [-0.05, 0) is 47.0 Å². The fourth-order valence-corrected chi connectivity index (χ4v) is 6.56. The normalized spacial score (nSPS) is 13.4. The van der Waals surface area contributed by atoms with Gasteiger partial charge in [0.2, 0.25) is 6.79 Å². The minimum atomic E-state index is -1.04. The van der Waals surface area contributed by atoms with Crippen LogP contribution in [0, 0.1) is 0 Å². The third kappa shape index (κ3) is 8.90. The van der Waals surface area contributed by atoms with Crippen LogP contribution < -0.4 is 20.1 Å². The molecule has 0 saturated carbocycles.